The van der Waals surface area contributed by atoms with Gasteiger partial charge in [0, 0.05) is 24.0 Å². The Kier molecular flexibility index (Phi) is 8.00. The van der Waals surface area contributed by atoms with Gasteiger partial charge in [-0.15, -0.1) is 0 Å². The predicted molar refractivity (Wildman–Crippen MR) is 132 cm³/mol. The third-order valence-corrected chi connectivity index (χ3v) is 5.47. The van der Waals surface area contributed by atoms with Gasteiger partial charge in [0.05, 0.1) is 12.0 Å². The molecule has 0 aliphatic heterocycles. The van der Waals surface area contributed by atoms with Crippen LogP contribution in [0.3, 0.4) is 0 Å². The van der Waals surface area contributed by atoms with Crippen molar-refractivity contribution < 1.29 is 23.9 Å². The van der Waals surface area contributed by atoms with E-state index in [-0.39, 0.29) is 24.5 Å². The van der Waals surface area contributed by atoms with E-state index in [2.05, 4.69) is 10.3 Å². The number of benzene rings is 3. The first-order valence-corrected chi connectivity index (χ1v) is 11.2. The summed E-state index contributed by atoms with van der Waals surface area (Å²) in [5.41, 5.74) is 5.25. The zero-order valence-electron chi connectivity index (χ0n) is 19.3. The number of nitrogens with one attached hydrogen (secondary N) is 2. The number of aromatic nitrogens is 1. The first-order valence-electron chi connectivity index (χ1n) is 11.2. The second-order valence-corrected chi connectivity index (χ2v) is 8.05. The fourth-order valence-corrected chi connectivity index (χ4v) is 3.53. The standard InChI is InChI=1S/C28H24FN3O4/c29-26-14-20(6-13-25(26)28(34)32-35)18-36-24-11-8-21(9-12-24)22-7-10-23(30-17-22)15-27(33)31-16-19-4-2-1-3-5-19/h1-14,17,35H,15-16,18H2,(H,31,33)(H,32,34). The molecule has 0 aliphatic carbocycles. The predicted octanol–water partition coefficient (Wildman–Crippen LogP) is 4.44. The lowest BCUT2D eigenvalue weighted by Crippen LogP contribution is -2.24. The van der Waals surface area contributed by atoms with E-state index in [0.29, 0.717) is 23.6 Å². The minimum Gasteiger partial charge on any atom is -0.489 e. The van der Waals surface area contributed by atoms with Crippen LogP contribution in [0, 0.1) is 5.82 Å². The van der Waals surface area contributed by atoms with Crippen molar-refractivity contribution in [3.05, 3.63) is 119 Å². The molecule has 2 amide bonds. The normalized spacial score (nSPS) is 10.5. The summed E-state index contributed by atoms with van der Waals surface area (Å²) in [6.45, 7) is 0.590. The summed E-state index contributed by atoms with van der Waals surface area (Å²) in [5.74, 6) is -1.16. The molecule has 182 valence electrons. The van der Waals surface area contributed by atoms with Gasteiger partial charge in [0.2, 0.25) is 5.91 Å². The molecule has 4 rings (SSSR count). The van der Waals surface area contributed by atoms with Crippen molar-refractivity contribution >= 4 is 11.8 Å². The van der Waals surface area contributed by atoms with E-state index in [4.69, 9.17) is 9.94 Å². The highest BCUT2D eigenvalue weighted by molar-refractivity contribution is 5.93. The van der Waals surface area contributed by atoms with E-state index in [1.165, 1.54) is 17.6 Å². The third-order valence-electron chi connectivity index (χ3n) is 5.47. The fourth-order valence-electron chi connectivity index (χ4n) is 3.53. The van der Waals surface area contributed by atoms with Gasteiger partial charge < -0.3 is 10.1 Å². The van der Waals surface area contributed by atoms with Gasteiger partial charge in [-0.05, 0) is 47.0 Å². The molecule has 4 aromatic rings. The molecule has 0 bridgehead atoms. The van der Waals surface area contributed by atoms with Gasteiger partial charge in [-0.3, -0.25) is 19.8 Å². The Labute approximate surface area is 207 Å². The minimum atomic E-state index is -0.913. The monoisotopic (exact) mass is 485 g/mol. The second-order valence-electron chi connectivity index (χ2n) is 8.05. The summed E-state index contributed by atoms with van der Waals surface area (Å²) >= 11 is 0. The van der Waals surface area contributed by atoms with E-state index in [1.54, 1.807) is 24.4 Å². The Morgan fingerprint density at radius 2 is 1.64 bits per heavy atom. The van der Waals surface area contributed by atoms with Crippen LogP contribution in [-0.2, 0) is 24.4 Å². The lowest BCUT2D eigenvalue weighted by molar-refractivity contribution is -0.120. The summed E-state index contributed by atoms with van der Waals surface area (Å²) in [5, 5.41) is 11.5. The van der Waals surface area contributed by atoms with Gasteiger partial charge in [-0.25, -0.2) is 9.87 Å². The van der Waals surface area contributed by atoms with Crippen molar-refractivity contribution in [3.8, 4) is 16.9 Å². The van der Waals surface area contributed by atoms with Gasteiger partial charge in [-0.1, -0.05) is 54.6 Å². The van der Waals surface area contributed by atoms with Crippen LogP contribution in [0.25, 0.3) is 11.1 Å². The number of amides is 2. The van der Waals surface area contributed by atoms with Crippen molar-refractivity contribution in [2.45, 2.75) is 19.6 Å². The summed E-state index contributed by atoms with van der Waals surface area (Å²) < 4.78 is 19.7. The molecule has 0 saturated heterocycles. The molecule has 0 unspecified atom stereocenters. The zero-order chi connectivity index (χ0) is 25.3. The first-order chi connectivity index (χ1) is 17.5. The Morgan fingerprint density at radius 3 is 2.31 bits per heavy atom. The largest absolute Gasteiger partial charge is 0.489 e. The quantitative estimate of drug-likeness (QED) is 0.240. The van der Waals surface area contributed by atoms with Crippen LogP contribution in [0.4, 0.5) is 4.39 Å². The number of ether oxygens (including phenoxy) is 1. The van der Waals surface area contributed by atoms with E-state index in [0.717, 1.165) is 16.7 Å². The number of pyridine rings is 1. The fraction of sp³-hybridized carbons (Fsp3) is 0.107. The van der Waals surface area contributed by atoms with Gasteiger partial charge in [-0.2, -0.15) is 0 Å². The average Bonchev–Trinajstić information content (AvgIpc) is 2.92. The van der Waals surface area contributed by atoms with Crippen LogP contribution in [-0.4, -0.2) is 22.0 Å². The Balaban J connectivity index is 1.29. The molecule has 0 spiro atoms. The molecule has 7 nitrogen and oxygen atoms in total. The van der Waals surface area contributed by atoms with Crippen LogP contribution in [0.5, 0.6) is 5.75 Å². The molecule has 1 aromatic heterocycles. The van der Waals surface area contributed by atoms with Gasteiger partial charge in [0.25, 0.3) is 5.91 Å². The van der Waals surface area contributed by atoms with Gasteiger partial charge in [0.15, 0.2) is 0 Å². The van der Waals surface area contributed by atoms with Crippen LogP contribution in [0.1, 0.15) is 27.2 Å². The smallest absolute Gasteiger partial charge is 0.277 e. The van der Waals surface area contributed by atoms with E-state index >= 15 is 0 Å². The molecule has 0 saturated carbocycles. The van der Waals surface area contributed by atoms with Crippen LogP contribution in [0.15, 0.2) is 91.1 Å². The molecule has 0 aliphatic rings. The maximum atomic E-state index is 14.0. The van der Waals surface area contributed by atoms with Crippen molar-refractivity contribution in [2.24, 2.45) is 0 Å². The number of hydrogen-bond donors (Lipinski definition) is 3. The molecule has 0 fully saturated rings. The lowest BCUT2D eigenvalue weighted by atomic mass is 10.1. The third kappa shape index (κ3) is 6.52. The SMILES string of the molecule is O=C(Cc1ccc(-c2ccc(OCc3ccc(C(=O)NO)c(F)c3)cc2)cn1)NCc1ccccc1. The molecule has 0 atom stereocenters. The topological polar surface area (TPSA) is 101 Å². The number of hydroxylamine groups is 1. The van der Waals surface area contributed by atoms with Crippen molar-refractivity contribution in [1.29, 1.82) is 0 Å². The minimum absolute atomic E-state index is 0.0909. The van der Waals surface area contributed by atoms with Crippen LogP contribution < -0.4 is 15.5 Å². The van der Waals surface area contributed by atoms with Crippen molar-refractivity contribution in [1.82, 2.24) is 15.8 Å². The number of nitrogens with zero attached hydrogens (tertiary/aromatic N) is 1. The summed E-state index contributed by atoms with van der Waals surface area (Å²) in [4.78, 5) is 28.0. The number of carbonyl (C=O) groups excluding carboxylic acids is 2. The van der Waals surface area contributed by atoms with E-state index in [1.807, 2.05) is 54.6 Å². The maximum absolute atomic E-state index is 14.0. The Hall–Kier alpha value is -4.56. The van der Waals surface area contributed by atoms with Crippen LogP contribution >= 0.6 is 0 Å². The molecule has 3 aromatic carbocycles. The summed E-state index contributed by atoms with van der Waals surface area (Å²) in [7, 11) is 0. The average molecular weight is 486 g/mol. The maximum Gasteiger partial charge on any atom is 0.277 e. The molecule has 3 N–H and O–H groups in total. The Bertz CT molecular complexity index is 1330. The highest BCUT2D eigenvalue weighted by Gasteiger charge is 2.11. The summed E-state index contributed by atoms with van der Waals surface area (Å²) in [6, 6.07) is 24.8. The van der Waals surface area contributed by atoms with Gasteiger partial charge in [0.1, 0.15) is 18.2 Å². The second kappa shape index (κ2) is 11.7. The van der Waals surface area contributed by atoms with Gasteiger partial charge >= 0.3 is 0 Å². The van der Waals surface area contributed by atoms with Crippen molar-refractivity contribution in [2.75, 3.05) is 0 Å². The lowest BCUT2D eigenvalue weighted by Gasteiger charge is -2.09. The number of halogens is 1. The Morgan fingerprint density at radius 1 is 0.889 bits per heavy atom. The first kappa shape index (κ1) is 24.6. The van der Waals surface area contributed by atoms with Crippen LogP contribution in [0.2, 0.25) is 0 Å². The molecular formula is C28H24FN3O4. The molecule has 36 heavy (non-hydrogen) atoms. The highest BCUT2D eigenvalue weighted by atomic mass is 19.1. The molecule has 1 heterocycles. The zero-order valence-corrected chi connectivity index (χ0v) is 19.3. The van der Waals surface area contributed by atoms with E-state index < -0.39 is 11.7 Å². The molecule has 0 radical (unpaired) electrons. The van der Waals surface area contributed by atoms with E-state index in [9.17, 15) is 14.0 Å². The number of carbonyl (C=O) groups is 2. The molecular weight excluding hydrogens is 461 g/mol. The number of rotatable bonds is 9. The molecule has 8 heteroatoms. The summed E-state index contributed by atoms with van der Waals surface area (Å²) in [6.07, 6.45) is 1.93. The highest BCUT2D eigenvalue weighted by Crippen LogP contribution is 2.23. The van der Waals surface area contributed by atoms with Crippen molar-refractivity contribution in [3.63, 3.8) is 0 Å². The number of hydrogen-bond acceptors (Lipinski definition) is 5.